The number of aliphatic carboxylic acids is 1. The van der Waals surface area contributed by atoms with Gasteiger partial charge in [0.1, 0.15) is 6.61 Å². The molecule has 7 heteroatoms. The SMILES string of the molecule is COc1cc(/C=C/C(=O)O)cc(Br)c1OCc1ccno1. The molecule has 0 aliphatic heterocycles. The second-order valence-corrected chi connectivity index (χ2v) is 4.83. The van der Waals surface area contributed by atoms with Crippen LogP contribution in [-0.2, 0) is 11.4 Å². The van der Waals surface area contributed by atoms with Crippen molar-refractivity contribution in [3.8, 4) is 11.5 Å². The molecule has 0 fully saturated rings. The summed E-state index contributed by atoms with van der Waals surface area (Å²) in [6, 6.07) is 5.11. The zero-order valence-electron chi connectivity index (χ0n) is 11.1. The van der Waals surface area contributed by atoms with Gasteiger partial charge >= 0.3 is 5.97 Å². The quantitative estimate of drug-likeness (QED) is 0.803. The number of nitrogens with zero attached hydrogens (tertiary/aromatic N) is 1. The van der Waals surface area contributed by atoms with Gasteiger partial charge in [0.25, 0.3) is 0 Å². The molecule has 0 bridgehead atoms. The van der Waals surface area contributed by atoms with E-state index in [0.29, 0.717) is 27.3 Å². The maximum Gasteiger partial charge on any atom is 0.328 e. The first-order valence-electron chi connectivity index (χ1n) is 5.91. The Hall–Kier alpha value is -2.28. The number of aromatic nitrogens is 1. The van der Waals surface area contributed by atoms with E-state index in [1.165, 1.54) is 19.4 Å². The van der Waals surface area contributed by atoms with Gasteiger partial charge in [-0.25, -0.2) is 4.79 Å². The Kier molecular flexibility index (Phi) is 4.99. The summed E-state index contributed by atoms with van der Waals surface area (Å²) in [6.07, 6.45) is 4.05. The fourth-order valence-corrected chi connectivity index (χ4v) is 2.18. The van der Waals surface area contributed by atoms with E-state index in [4.69, 9.17) is 19.1 Å². The average molecular weight is 354 g/mol. The highest BCUT2D eigenvalue weighted by atomic mass is 79.9. The molecular weight excluding hydrogens is 342 g/mol. The molecule has 21 heavy (non-hydrogen) atoms. The van der Waals surface area contributed by atoms with E-state index in [9.17, 15) is 4.79 Å². The largest absolute Gasteiger partial charge is 0.493 e. The lowest BCUT2D eigenvalue weighted by Crippen LogP contribution is -1.98. The summed E-state index contributed by atoms with van der Waals surface area (Å²) >= 11 is 3.38. The summed E-state index contributed by atoms with van der Waals surface area (Å²) in [7, 11) is 1.51. The summed E-state index contributed by atoms with van der Waals surface area (Å²) in [5.41, 5.74) is 0.674. The van der Waals surface area contributed by atoms with Gasteiger partial charge in [-0.05, 0) is 39.7 Å². The van der Waals surface area contributed by atoms with Gasteiger partial charge in [-0.1, -0.05) is 5.16 Å². The van der Waals surface area contributed by atoms with E-state index in [2.05, 4.69) is 21.1 Å². The number of carbonyl (C=O) groups is 1. The summed E-state index contributed by atoms with van der Waals surface area (Å²) in [5, 5.41) is 12.2. The molecule has 0 atom stereocenters. The van der Waals surface area contributed by atoms with Crippen molar-refractivity contribution in [1.29, 1.82) is 0 Å². The molecule has 2 aromatic rings. The summed E-state index contributed by atoms with van der Waals surface area (Å²) < 4.78 is 16.5. The van der Waals surface area contributed by atoms with Crippen molar-refractivity contribution in [3.63, 3.8) is 0 Å². The number of rotatable bonds is 6. The minimum atomic E-state index is -1.02. The molecule has 0 aliphatic rings. The van der Waals surface area contributed by atoms with Gasteiger partial charge in [0, 0.05) is 12.1 Å². The first-order chi connectivity index (χ1) is 10.1. The molecule has 1 N–H and O–H groups in total. The van der Waals surface area contributed by atoms with Crippen molar-refractivity contribution in [1.82, 2.24) is 5.16 Å². The second-order valence-electron chi connectivity index (χ2n) is 3.97. The fourth-order valence-electron chi connectivity index (χ4n) is 1.60. The lowest BCUT2D eigenvalue weighted by molar-refractivity contribution is -0.131. The molecule has 0 saturated heterocycles. The first kappa shape index (κ1) is 15.1. The van der Waals surface area contributed by atoms with Gasteiger partial charge in [0.15, 0.2) is 17.3 Å². The minimum absolute atomic E-state index is 0.208. The molecule has 0 unspecified atom stereocenters. The van der Waals surface area contributed by atoms with Crippen LogP contribution >= 0.6 is 15.9 Å². The van der Waals surface area contributed by atoms with Crippen LogP contribution in [0.4, 0.5) is 0 Å². The molecule has 0 radical (unpaired) electrons. The molecule has 0 saturated carbocycles. The number of halogens is 1. The van der Waals surface area contributed by atoms with Crippen LogP contribution in [0, 0.1) is 0 Å². The predicted octanol–water partition coefficient (Wildman–Crippen LogP) is 3.12. The lowest BCUT2D eigenvalue weighted by atomic mass is 10.2. The third-order valence-corrected chi connectivity index (χ3v) is 3.11. The molecular formula is C14H12BrNO5. The highest BCUT2D eigenvalue weighted by molar-refractivity contribution is 9.10. The van der Waals surface area contributed by atoms with E-state index in [-0.39, 0.29) is 6.61 Å². The Labute approximate surface area is 129 Å². The molecule has 0 spiro atoms. The molecule has 1 aromatic heterocycles. The standard InChI is InChI=1S/C14H12BrNO5/c1-19-12-7-9(2-3-13(17)18)6-11(15)14(12)20-8-10-4-5-16-21-10/h2-7H,8H2,1H3,(H,17,18)/b3-2+. The Morgan fingerprint density at radius 2 is 2.33 bits per heavy atom. The van der Waals surface area contributed by atoms with Gasteiger partial charge in [-0.2, -0.15) is 0 Å². The average Bonchev–Trinajstić information content (AvgIpc) is 2.96. The number of hydrogen-bond acceptors (Lipinski definition) is 5. The number of carboxylic acids is 1. The van der Waals surface area contributed by atoms with Crippen molar-refractivity contribution in [3.05, 3.63) is 46.3 Å². The zero-order valence-corrected chi connectivity index (χ0v) is 12.7. The predicted molar refractivity (Wildman–Crippen MR) is 78.2 cm³/mol. The first-order valence-corrected chi connectivity index (χ1v) is 6.70. The number of carboxylic acid groups (broad SMARTS) is 1. The highest BCUT2D eigenvalue weighted by Crippen LogP contribution is 2.37. The third-order valence-electron chi connectivity index (χ3n) is 2.52. The summed E-state index contributed by atoms with van der Waals surface area (Å²) in [4.78, 5) is 10.5. The highest BCUT2D eigenvalue weighted by Gasteiger charge is 2.12. The van der Waals surface area contributed by atoms with Crippen molar-refractivity contribution < 1.29 is 23.9 Å². The van der Waals surface area contributed by atoms with Crippen molar-refractivity contribution in [2.45, 2.75) is 6.61 Å². The van der Waals surface area contributed by atoms with E-state index in [1.54, 1.807) is 18.2 Å². The molecule has 110 valence electrons. The Bertz CT molecular complexity index is 652. The molecule has 2 rings (SSSR count). The zero-order chi connectivity index (χ0) is 15.2. The molecule has 1 aromatic carbocycles. The number of hydrogen-bond donors (Lipinski definition) is 1. The maximum absolute atomic E-state index is 10.5. The van der Waals surface area contributed by atoms with E-state index in [1.807, 2.05) is 0 Å². The molecule has 6 nitrogen and oxygen atoms in total. The van der Waals surface area contributed by atoms with E-state index >= 15 is 0 Å². The maximum atomic E-state index is 10.5. The Balaban J connectivity index is 2.22. The number of ether oxygens (including phenoxy) is 2. The van der Waals surface area contributed by atoms with Crippen LogP contribution in [-0.4, -0.2) is 23.3 Å². The van der Waals surface area contributed by atoms with Crippen LogP contribution in [0.15, 0.2) is 39.5 Å². The monoisotopic (exact) mass is 353 g/mol. The van der Waals surface area contributed by atoms with Crippen LogP contribution in [0.1, 0.15) is 11.3 Å². The topological polar surface area (TPSA) is 81.8 Å². The molecule has 1 heterocycles. The summed E-state index contributed by atoms with van der Waals surface area (Å²) in [6.45, 7) is 0.208. The molecule has 0 amide bonds. The van der Waals surface area contributed by atoms with Crippen LogP contribution in [0.25, 0.3) is 6.08 Å². The van der Waals surface area contributed by atoms with Gasteiger partial charge in [0.05, 0.1) is 17.8 Å². The van der Waals surface area contributed by atoms with Crippen LogP contribution in [0.2, 0.25) is 0 Å². The fraction of sp³-hybridized carbons (Fsp3) is 0.143. The van der Waals surface area contributed by atoms with E-state index in [0.717, 1.165) is 6.08 Å². The summed E-state index contributed by atoms with van der Waals surface area (Å²) in [5.74, 6) is 0.546. The third kappa shape index (κ3) is 4.09. The lowest BCUT2D eigenvalue weighted by Gasteiger charge is -2.12. The normalized spacial score (nSPS) is 10.8. The minimum Gasteiger partial charge on any atom is -0.493 e. The molecule has 0 aliphatic carbocycles. The van der Waals surface area contributed by atoms with Crippen LogP contribution in [0.5, 0.6) is 11.5 Å². The number of benzene rings is 1. The van der Waals surface area contributed by atoms with Crippen molar-refractivity contribution >= 4 is 28.0 Å². The Morgan fingerprint density at radius 3 is 2.95 bits per heavy atom. The second kappa shape index (κ2) is 6.94. The number of methoxy groups -OCH3 is 1. The Morgan fingerprint density at radius 1 is 1.52 bits per heavy atom. The van der Waals surface area contributed by atoms with Gasteiger partial charge in [-0.3, -0.25) is 0 Å². The van der Waals surface area contributed by atoms with Crippen molar-refractivity contribution in [2.24, 2.45) is 0 Å². The van der Waals surface area contributed by atoms with E-state index < -0.39 is 5.97 Å². The van der Waals surface area contributed by atoms with Crippen LogP contribution < -0.4 is 9.47 Å². The van der Waals surface area contributed by atoms with Crippen LogP contribution in [0.3, 0.4) is 0 Å². The smallest absolute Gasteiger partial charge is 0.328 e. The van der Waals surface area contributed by atoms with Gasteiger partial charge in [-0.15, -0.1) is 0 Å². The van der Waals surface area contributed by atoms with Gasteiger partial charge < -0.3 is 19.1 Å². The van der Waals surface area contributed by atoms with Crippen molar-refractivity contribution in [2.75, 3.05) is 7.11 Å². The van der Waals surface area contributed by atoms with Gasteiger partial charge in [0.2, 0.25) is 0 Å².